The monoisotopic (exact) mass is 239 g/mol. The summed E-state index contributed by atoms with van der Waals surface area (Å²) in [6, 6.07) is 2.38. The molecule has 0 bridgehead atoms. The lowest BCUT2D eigenvalue weighted by Crippen LogP contribution is -2.44. The molecule has 0 fully saturated rings. The quantitative estimate of drug-likeness (QED) is 0.827. The van der Waals surface area contributed by atoms with Gasteiger partial charge < -0.3 is 5.32 Å². The second-order valence-corrected chi connectivity index (χ2v) is 5.55. The van der Waals surface area contributed by atoms with Crippen LogP contribution in [0.2, 0.25) is 0 Å². The smallest absolute Gasteiger partial charge is 0.152 e. The number of Topliss-reactive ketones (excluding diaryl/α,β-unsaturated/α-hetero) is 1. The van der Waals surface area contributed by atoms with E-state index in [1.165, 1.54) is 5.56 Å². The maximum Gasteiger partial charge on any atom is 0.152 e. The van der Waals surface area contributed by atoms with Crippen LogP contribution in [-0.4, -0.2) is 17.9 Å². The third kappa shape index (κ3) is 4.06. The number of rotatable bonds is 6. The number of thiophene rings is 1. The summed E-state index contributed by atoms with van der Waals surface area (Å²) in [6.07, 6.45) is 0.804. The Morgan fingerprint density at radius 1 is 1.38 bits per heavy atom. The summed E-state index contributed by atoms with van der Waals surface area (Å²) >= 11 is 1.68. The molecule has 0 spiro atoms. The van der Waals surface area contributed by atoms with Crippen molar-refractivity contribution in [2.45, 2.75) is 46.2 Å². The SMILES string of the molecule is CC(C)NC(Cc1ccsc1)C(=O)C(C)C. The van der Waals surface area contributed by atoms with E-state index in [1.807, 2.05) is 13.8 Å². The van der Waals surface area contributed by atoms with Gasteiger partial charge in [0, 0.05) is 12.0 Å². The molecule has 90 valence electrons. The molecule has 0 radical (unpaired) electrons. The van der Waals surface area contributed by atoms with Gasteiger partial charge >= 0.3 is 0 Å². The molecule has 1 heterocycles. The predicted octanol–water partition coefficient (Wildman–Crippen LogP) is 2.88. The van der Waals surface area contributed by atoms with Crippen LogP contribution in [-0.2, 0) is 11.2 Å². The van der Waals surface area contributed by atoms with E-state index in [2.05, 4.69) is 36.0 Å². The summed E-state index contributed by atoms with van der Waals surface area (Å²) in [4.78, 5) is 12.0. The molecule has 2 nitrogen and oxygen atoms in total. The van der Waals surface area contributed by atoms with E-state index in [1.54, 1.807) is 11.3 Å². The topological polar surface area (TPSA) is 29.1 Å². The van der Waals surface area contributed by atoms with Gasteiger partial charge in [0.2, 0.25) is 0 Å². The Morgan fingerprint density at radius 2 is 2.06 bits per heavy atom. The van der Waals surface area contributed by atoms with E-state index >= 15 is 0 Å². The summed E-state index contributed by atoms with van der Waals surface area (Å²) in [5, 5.41) is 7.53. The van der Waals surface area contributed by atoms with Crippen molar-refractivity contribution in [1.82, 2.24) is 5.32 Å². The Hall–Kier alpha value is -0.670. The molecule has 3 heteroatoms. The first kappa shape index (κ1) is 13.4. The highest BCUT2D eigenvalue weighted by atomic mass is 32.1. The molecule has 0 saturated heterocycles. The van der Waals surface area contributed by atoms with Crippen molar-refractivity contribution in [1.29, 1.82) is 0 Å². The Bertz CT molecular complexity index is 317. The van der Waals surface area contributed by atoms with Gasteiger partial charge in [-0.15, -0.1) is 0 Å². The largest absolute Gasteiger partial charge is 0.305 e. The van der Waals surface area contributed by atoms with Gasteiger partial charge in [-0.1, -0.05) is 27.7 Å². The molecule has 1 atom stereocenters. The molecule has 0 saturated carbocycles. The predicted molar refractivity (Wildman–Crippen MR) is 69.9 cm³/mol. The molecule has 0 aliphatic carbocycles. The van der Waals surface area contributed by atoms with Crippen LogP contribution in [0.4, 0.5) is 0 Å². The zero-order valence-corrected chi connectivity index (χ0v) is 11.3. The number of carbonyl (C=O) groups is 1. The zero-order chi connectivity index (χ0) is 12.1. The molecular weight excluding hydrogens is 218 g/mol. The van der Waals surface area contributed by atoms with E-state index in [9.17, 15) is 4.79 Å². The van der Waals surface area contributed by atoms with Gasteiger partial charge in [0.25, 0.3) is 0 Å². The minimum atomic E-state index is -0.0467. The van der Waals surface area contributed by atoms with E-state index < -0.39 is 0 Å². The maximum atomic E-state index is 12.0. The van der Waals surface area contributed by atoms with Crippen LogP contribution in [0.25, 0.3) is 0 Å². The van der Waals surface area contributed by atoms with Gasteiger partial charge in [-0.05, 0) is 28.8 Å². The van der Waals surface area contributed by atoms with Crippen LogP contribution < -0.4 is 5.32 Å². The molecule has 1 aromatic heterocycles. The molecule has 0 aliphatic rings. The van der Waals surface area contributed by atoms with Gasteiger partial charge in [-0.3, -0.25) is 4.79 Å². The van der Waals surface area contributed by atoms with Crippen molar-refractivity contribution >= 4 is 17.1 Å². The summed E-state index contributed by atoms with van der Waals surface area (Å²) < 4.78 is 0. The molecule has 0 aromatic carbocycles. The molecule has 1 rings (SSSR count). The fraction of sp³-hybridized carbons (Fsp3) is 0.615. The molecule has 0 aliphatic heterocycles. The van der Waals surface area contributed by atoms with Crippen LogP contribution in [0.5, 0.6) is 0 Å². The van der Waals surface area contributed by atoms with Crippen LogP contribution in [0.3, 0.4) is 0 Å². The van der Waals surface area contributed by atoms with E-state index in [-0.39, 0.29) is 12.0 Å². The van der Waals surface area contributed by atoms with Crippen molar-refractivity contribution in [2.75, 3.05) is 0 Å². The van der Waals surface area contributed by atoms with E-state index in [4.69, 9.17) is 0 Å². The average molecular weight is 239 g/mol. The summed E-state index contributed by atoms with van der Waals surface area (Å²) in [7, 11) is 0. The Morgan fingerprint density at radius 3 is 2.50 bits per heavy atom. The van der Waals surface area contributed by atoms with Crippen molar-refractivity contribution in [2.24, 2.45) is 5.92 Å². The molecule has 1 aromatic rings. The lowest BCUT2D eigenvalue weighted by Gasteiger charge is -2.21. The number of hydrogen-bond acceptors (Lipinski definition) is 3. The minimum Gasteiger partial charge on any atom is -0.305 e. The number of ketones is 1. The molecular formula is C13H21NOS. The molecule has 1 N–H and O–H groups in total. The van der Waals surface area contributed by atoms with E-state index in [0.29, 0.717) is 11.8 Å². The number of carbonyl (C=O) groups excluding carboxylic acids is 1. The summed E-state index contributed by atoms with van der Waals surface area (Å²) in [6.45, 7) is 8.08. The van der Waals surface area contributed by atoms with Crippen molar-refractivity contribution in [3.8, 4) is 0 Å². The normalized spacial score (nSPS) is 13.4. The molecule has 16 heavy (non-hydrogen) atoms. The Kier molecular flexibility index (Phi) is 5.16. The standard InChI is InChI=1S/C13H21NOS/c1-9(2)13(15)12(14-10(3)4)7-11-5-6-16-8-11/h5-6,8-10,12,14H,7H2,1-4H3. The fourth-order valence-electron chi connectivity index (χ4n) is 1.69. The minimum absolute atomic E-state index is 0.0467. The summed E-state index contributed by atoms with van der Waals surface area (Å²) in [5.41, 5.74) is 1.25. The van der Waals surface area contributed by atoms with Gasteiger partial charge in [-0.2, -0.15) is 11.3 Å². The first-order chi connectivity index (χ1) is 7.50. The van der Waals surface area contributed by atoms with Gasteiger partial charge in [0.15, 0.2) is 5.78 Å². The summed E-state index contributed by atoms with van der Waals surface area (Å²) in [5.74, 6) is 0.398. The zero-order valence-electron chi connectivity index (χ0n) is 10.5. The highest BCUT2D eigenvalue weighted by molar-refractivity contribution is 7.07. The number of hydrogen-bond donors (Lipinski definition) is 1. The van der Waals surface area contributed by atoms with Crippen LogP contribution in [0, 0.1) is 5.92 Å². The van der Waals surface area contributed by atoms with Crippen LogP contribution >= 0.6 is 11.3 Å². The van der Waals surface area contributed by atoms with Gasteiger partial charge in [0.05, 0.1) is 6.04 Å². The van der Waals surface area contributed by atoms with Crippen molar-refractivity contribution in [3.63, 3.8) is 0 Å². The third-order valence-electron chi connectivity index (χ3n) is 2.47. The van der Waals surface area contributed by atoms with Crippen molar-refractivity contribution in [3.05, 3.63) is 22.4 Å². The lowest BCUT2D eigenvalue weighted by molar-refractivity contribution is -0.124. The highest BCUT2D eigenvalue weighted by Crippen LogP contribution is 2.12. The maximum absolute atomic E-state index is 12.0. The lowest BCUT2D eigenvalue weighted by atomic mass is 9.96. The first-order valence-electron chi connectivity index (χ1n) is 5.81. The van der Waals surface area contributed by atoms with E-state index in [0.717, 1.165) is 6.42 Å². The Balaban J connectivity index is 2.67. The molecule has 0 amide bonds. The third-order valence-corrected chi connectivity index (χ3v) is 3.20. The fourth-order valence-corrected chi connectivity index (χ4v) is 2.37. The van der Waals surface area contributed by atoms with Crippen LogP contribution in [0.15, 0.2) is 16.8 Å². The van der Waals surface area contributed by atoms with Crippen molar-refractivity contribution < 1.29 is 4.79 Å². The van der Waals surface area contributed by atoms with Gasteiger partial charge in [0.1, 0.15) is 0 Å². The number of nitrogens with one attached hydrogen (secondary N) is 1. The highest BCUT2D eigenvalue weighted by Gasteiger charge is 2.21. The molecule has 1 unspecified atom stereocenters. The average Bonchev–Trinajstić information content (AvgIpc) is 2.67. The Labute approximate surface area is 102 Å². The first-order valence-corrected chi connectivity index (χ1v) is 6.75. The van der Waals surface area contributed by atoms with Gasteiger partial charge in [-0.25, -0.2) is 0 Å². The second kappa shape index (κ2) is 6.16. The second-order valence-electron chi connectivity index (χ2n) is 4.77. The van der Waals surface area contributed by atoms with Crippen LogP contribution in [0.1, 0.15) is 33.3 Å².